The van der Waals surface area contributed by atoms with Gasteiger partial charge in [0.25, 0.3) is 5.91 Å². The molecule has 2 aromatic rings. The van der Waals surface area contributed by atoms with Crippen LogP contribution in [0.3, 0.4) is 0 Å². The van der Waals surface area contributed by atoms with Crippen LogP contribution in [-0.2, 0) is 0 Å². The molecular weight excluding hydrogens is 439 g/mol. The molecule has 0 radical (unpaired) electrons. The zero-order chi connectivity index (χ0) is 16.7. The number of amides is 1. The second-order valence-electron chi connectivity index (χ2n) is 5.00. The van der Waals surface area contributed by atoms with Crippen LogP contribution in [0.4, 0.5) is 5.69 Å². The van der Waals surface area contributed by atoms with E-state index in [-0.39, 0.29) is 29.9 Å². The van der Waals surface area contributed by atoms with Crippen molar-refractivity contribution in [2.24, 2.45) is 10.7 Å². The number of nitrogens with zero attached hydrogens (tertiary/aromatic N) is 1. The number of benzene rings is 2. The third kappa shape index (κ3) is 6.37. The van der Waals surface area contributed by atoms with Crippen molar-refractivity contribution in [1.82, 2.24) is 5.32 Å². The van der Waals surface area contributed by atoms with Crippen LogP contribution in [0.1, 0.15) is 15.9 Å². The minimum absolute atomic E-state index is 0. The molecular formula is C17H20ClIN4O. The number of nitrogens with one attached hydrogen (secondary N) is 2. The summed E-state index contributed by atoms with van der Waals surface area (Å²) in [5.74, 6) is 0.0820. The van der Waals surface area contributed by atoms with Gasteiger partial charge in [-0.2, -0.15) is 0 Å². The van der Waals surface area contributed by atoms with E-state index in [0.717, 1.165) is 11.3 Å². The van der Waals surface area contributed by atoms with Crippen molar-refractivity contribution in [3.63, 3.8) is 0 Å². The molecule has 5 nitrogen and oxygen atoms in total. The minimum Gasteiger partial charge on any atom is -0.370 e. The van der Waals surface area contributed by atoms with E-state index in [1.165, 1.54) is 0 Å². The molecule has 2 aromatic carbocycles. The van der Waals surface area contributed by atoms with Crippen LogP contribution in [0, 0.1) is 6.92 Å². The third-order valence-electron chi connectivity index (χ3n) is 3.09. The molecule has 0 heterocycles. The van der Waals surface area contributed by atoms with Gasteiger partial charge >= 0.3 is 0 Å². The van der Waals surface area contributed by atoms with Crippen LogP contribution in [0.25, 0.3) is 0 Å². The molecule has 0 bridgehead atoms. The number of rotatable bonds is 5. The van der Waals surface area contributed by atoms with Crippen LogP contribution in [0.15, 0.2) is 53.5 Å². The molecule has 0 aliphatic rings. The first-order chi connectivity index (χ1) is 11.1. The van der Waals surface area contributed by atoms with Crippen molar-refractivity contribution in [2.45, 2.75) is 6.92 Å². The highest BCUT2D eigenvalue weighted by Gasteiger charge is 2.07. The first kappa shape index (κ1) is 20.2. The molecule has 0 unspecified atom stereocenters. The van der Waals surface area contributed by atoms with E-state index in [1.54, 1.807) is 24.3 Å². The number of hydrogen-bond donors (Lipinski definition) is 3. The topological polar surface area (TPSA) is 79.5 Å². The quantitative estimate of drug-likeness (QED) is 0.278. The fourth-order valence-electron chi connectivity index (χ4n) is 2.00. The number of anilines is 1. The molecule has 7 heteroatoms. The number of carbonyl (C=O) groups is 1. The van der Waals surface area contributed by atoms with Crippen molar-refractivity contribution in [3.05, 3.63) is 64.7 Å². The Hall–Kier alpha value is -1.80. The van der Waals surface area contributed by atoms with Gasteiger partial charge in [0.15, 0.2) is 5.96 Å². The highest BCUT2D eigenvalue weighted by Crippen LogP contribution is 2.14. The number of halogens is 2. The average Bonchev–Trinajstić information content (AvgIpc) is 2.52. The van der Waals surface area contributed by atoms with Gasteiger partial charge in [0, 0.05) is 12.2 Å². The summed E-state index contributed by atoms with van der Waals surface area (Å²) in [4.78, 5) is 16.1. The average molecular weight is 459 g/mol. The van der Waals surface area contributed by atoms with Gasteiger partial charge in [-0.1, -0.05) is 35.9 Å². The second kappa shape index (κ2) is 10.1. The molecule has 1 amide bonds. The summed E-state index contributed by atoms with van der Waals surface area (Å²) in [6.45, 7) is 2.75. The van der Waals surface area contributed by atoms with E-state index in [4.69, 9.17) is 17.3 Å². The summed E-state index contributed by atoms with van der Waals surface area (Å²) in [6.07, 6.45) is 0. The summed E-state index contributed by atoms with van der Waals surface area (Å²) in [5.41, 5.74) is 8.28. The lowest BCUT2D eigenvalue weighted by atomic mass is 10.2. The van der Waals surface area contributed by atoms with E-state index in [2.05, 4.69) is 15.6 Å². The molecule has 0 spiro atoms. The standard InChI is InChI=1S/C17H19ClN4O.HI/c1-12-5-4-6-13(11-12)22-17(19)21-10-9-20-16(23)14-7-2-3-8-15(14)18;/h2-8,11H,9-10H2,1H3,(H,20,23)(H3,19,21,22);1H. The van der Waals surface area contributed by atoms with Gasteiger partial charge in [-0.3, -0.25) is 9.79 Å². The molecule has 24 heavy (non-hydrogen) atoms. The van der Waals surface area contributed by atoms with Crippen LogP contribution in [0.2, 0.25) is 5.02 Å². The highest BCUT2D eigenvalue weighted by atomic mass is 127. The van der Waals surface area contributed by atoms with E-state index in [0.29, 0.717) is 29.6 Å². The highest BCUT2D eigenvalue weighted by molar-refractivity contribution is 14.0. The summed E-state index contributed by atoms with van der Waals surface area (Å²) in [5, 5.41) is 6.19. The Morgan fingerprint density at radius 1 is 1.21 bits per heavy atom. The smallest absolute Gasteiger partial charge is 0.252 e. The summed E-state index contributed by atoms with van der Waals surface area (Å²) < 4.78 is 0. The van der Waals surface area contributed by atoms with Crippen molar-refractivity contribution in [1.29, 1.82) is 0 Å². The summed E-state index contributed by atoms with van der Waals surface area (Å²) in [7, 11) is 0. The van der Waals surface area contributed by atoms with Crippen molar-refractivity contribution in [3.8, 4) is 0 Å². The van der Waals surface area contributed by atoms with Crippen LogP contribution in [-0.4, -0.2) is 25.0 Å². The van der Waals surface area contributed by atoms with E-state index < -0.39 is 0 Å². The van der Waals surface area contributed by atoms with Gasteiger partial charge in [-0.25, -0.2) is 0 Å². The number of aliphatic imine (C=N–C) groups is 1. The molecule has 0 fully saturated rings. The maximum atomic E-state index is 11.9. The Morgan fingerprint density at radius 3 is 2.67 bits per heavy atom. The normalized spacial score (nSPS) is 10.7. The van der Waals surface area contributed by atoms with Crippen molar-refractivity contribution >= 4 is 53.1 Å². The van der Waals surface area contributed by atoms with Gasteiger partial charge < -0.3 is 16.4 Å². The van der Waals surface area contributed by atoms with E-state index >= 15 is 0 Å². The predicted octanol–water partition coefficient (Wildman–Crippen LogP) is 3.42. The summed E-state index contributed by atoms with van der Waals surface area (Å²) >= 11 is 5.97. The third-order valence-corrected chi connectivity index (χ3v) is 3.42. The Bertz CT molecular complexity index is 721. The Kier molecular flexibility index (Phi) is 8.56. The van der Waals surface area contributed by atoms with E-state index in [9.17, 15) is 4.79 Å². The lowest BCUT2D eigenvalue weighted by Gasteiger charge is -2.07. The fraction of sp³-hybridized carbons (Fsp3) is 0.176. The summed E-state index contributed by atoms with van der Waals surface area (Å²) in [6, 6.07) is 14.7. The number of hydrogen-bond acceptors (Lipinski definition) is 2. The second-order valence-corrected chi connectivity index (χ2v) is 5.40. The van der Waals surface area contributed by atoms with Gasteiger partial charge in [-0.15, -0.1) is 24.0 Å². The molecule has 0 saturated carbocycles. The Morgan fingerprint density at radius 2 is 1.96 bits per heavy atom. The maximum absolute atomic E-state index is 11.9. The molecule has 0 aliphatic carbocycles. The number of aryl methyl sites for hydroxylation is 1. The lowest BCUT2D eigenvalue weighted by Crippen LogP contribution is -2.28. The minimum atomic E-state index is -0.226. The molecule has 0 saturated heterocycles. The van der Waals surface area contributed by atoms with Gasteiger partial charge in [0.1, 0.15) is 0 Å². The number of nitrogens with two attached hydrogens (primary N) is 1. The SMILES string of the molecule is Cc1cccc(NC(N)=NCCNC(=O)c2ccccc2Cl)c1.I. The fourth-order valence-corrected chi connectivity index (χ4v) is 2.22. The van der Waals surface area contributed by atoms with Gasteiger partial charge in [0.2, 0.25) is 0 Å². The van der Waals surface area contributed by atoms with Crippen LogP contribution in [0.5, 0.6) is 0 Å². The first-order valence-electron chi connectivity index (χ1n) is 7.22. The van der Waals surface area contributed by atoms with Crippen molar-refractivity contribution in [2.75, 3.05) is 18.4 Å². The Balaban J connectivity index is 0.00000288. The molecule has 0 atom stereocenters. The largest absolute Gasteiger partial charge is 0.370 e. The molecule has 4 N–H and O–H groups in total. The Labute approximate surface area is 163 Å². The van der Waals surface area contributed by atoms with Gasteiger partial charge in [-0.05, 0) is 36.8 Å². The van der Waals surface area contributed by atoms with Crippen molar-refractivity contribution < 1.29 is 4.79 Å². The molecule has 0 aliphatic heterocycles. The molecule has 0 aromatic heterocycles. The van der Waals surface area contributed by atoms with E-state index in [1.807, 2.05) is 31.2 Å². The maximum Gasteiger partial charge on any atom is 0.252 e. The monoisotopic (exact) mass is 458 g/mol. The van der Waals surface area contributed by atoms with Crippen LogP contribution < -0.4 is 16.4 Å². The number of guanidine groups is 1. The predicted molar refractivity (Wildman–Crippen MR) is 110 cm³/mol. The number of carbonyl (C=O) groups excluding carboxylic acids is 1. The zero-order valence-electron chi connectivity index (χ0n) is 13.3. The molecule has 128 valence electrons. The lowest BCUT2D eigenvalue weighted by molar-refractivity contribution is 0.0955. The first-order valence-corrected chi connectivity index (χ1v) is 7.60. The van der Waals surface area contributed by atoms with Gasteiger partial charge in [0.05, 0.1) is 17.1 Å². The zero-order valence-corrected chi connectivity index (χ0v) is 16.3. The van der Waals surface area contributed by atoms with Crippen LogP contribution >= 0.6 is 35.6 Å². The molecule has 2 rings (SSSR count).